The Bertz CT molecular complexity index is 598. The molecule has 0 aliphatic carbocycles. The van der Waals surface area contributed by atoms with Crippen molar-refractivity contribution in [2.75, 3.05) is 5.73 Å². The number of nitrogen functional groups attached to an aromatic ring is 1. The number of ketones is 1. The maximum atomic E-state index is 12.9. The molecule has 0 radical (unpaired) electrons. The van der Waals surface area contributed by atoms with Gasteiger partial charge in [0.05, 0.1) is 0 Å². The van der Waals surface area contributed by atoms with E-state index in [9.17, 15) is 9.18 Å². The molecule has 0 unspecified atom stereocenters. The van der Waals surface area contributed by atoms with E-state index in [1.165, 1.54) is 18.2 Å². The number of carbonyl (C=O) groups excluding carboxylic acids is 1. The first-order valence-electron chi connectivity index (χ1n) is 5.39. The number of hydrogen-bond acceptors (Lipinski definition) is 2. The number of para-hydroxylation sites is 1. The van der Waals surface area contributed by atoms with E-state index < -0.39 is 5.82 Å². The van der Waals surface area contributed by atoms with Crippen LogP contribution in [-0.2, 0) is 6.42 Å². The van der Waals surface area contributed by atoms with Crippen LogP contribution in [0.2, 0.25) is 5.02 Å². The Morgan fingerprint density at radius 2 is 1.94 bits per heavy atom. The molecule has 0 aromatic heterocycles. The summed E-state index contributed by atoms with van der Waals surface area (Å²) in [5, 5.41) is 0.248. The minimum absolute atomic E-state index is 0.104. The van der Waals surface area contributed by atoms with Crippen molar-refractivity contribution >= 4 is 23.1 Å². The van der Waals surface area contributed by atoms with Crippen LogP contribution >= 0.6 is 11.6 Å². The molecule has 2 nitrogen and oxygen atoms in total. The molecule has 0 bridgehead atoms. The summed E-state index contributed by atoms with van der Waals surface area (Å²) >= 11 is 5.88. The minimum atomic E-state index is -0.421. The van der Waals surface area contributed by atoms with Gasteiger partial charge in [-0.2, -0.15) is 0 Å². The van der Waals surface area contributed by atoms with Crippen LogP contribution in [0.4, 0.5) is 10.1 Å². The Morgan fingerprint density at radius 1 is 1.22 bits per heavy atom. The fourth-order valence-electron chi connectivity index (χ4n) is 1.68. The first-order chi connectivity index (χ1) is 8.58. The van der Waals surface area contributed by atoms with Gasteiger partial charge in [0.1, 0.15) is 5.82 Å². The smallest absolute Gasteiger partial charge is 0.169 e. The van der Waals surface area contributed by atoms with Crippen LogP contribution in [0.1, 0.15) is 15.9 Å². The standard InChI is InChI=1S/C14H11ClFNO/c15-12-8-10(16)6-5-9(12)7-14(18)11-3-1-2-4-13(11)17/h1-6,8H,7,17H2. The Morgan fingerprint density at radius 3 is 2.61 bits per heavy atom. The second kappa shape index (κ2) is 5.19. The highest BCUT2D eigenvalue weighted by Gasteiger charge is 2.12. The summed E-state index contributed by atoms with van der Waals surface area (Å²) in [6, 6.07) is 10.8. The molecule has 0 saturated carbocycles. The molecule has 0 heterocycles. The van der Waals surface area contributed by atoms with E-state index in [1.807, 2.05) is 0 Å². The van der Waals surface area contributed by atoms with Gasteiger partial charge in [0.15, 0.2) is 5.78 Å². The molecule has 2 N–H and O–H groups in total. The van der Waals surface area contributed by atoms with Gasteiger partial charge in [-0.15, -0.1) is 0 Å². The third-order valence-electron chi connectivity index (χ3n) is 2.63. The maximum absolute atomic E-state index is 12.9. The van der Waals surface area contributed by atoms with Crippen LogP contribution in [-0.4, -0.2) is 5.78 Å². The molecule has 0 aliphatic heterocycles. The summed E-state index contributed by atoms with van der Waals surface area (Å²) in [6.45, 7) is 0. The van der Waals surface area contributed by atoms with Crippen molar-refractivity contribution in [2.24, 2.45) is 0 Å². The van der Waals surface area contributed by atoms with Gasteiger partial charge in [-0.25, -0.2) is 4.39 Å². The highest BCUT2D eigenvalue weighted by molar-refractivity contribution is 6.31. The van der Waals surface area contributed by atoms with Crippen molar-refractivity contribution < 1.29 is 9.18 Å². The van der Waals surface area contributed by atoms with Crippen molar-refractivity contribution in [1.82, 2.24) is 0 Å². The molecule has 18 heavy (non-hydrogen) atoms. The lowest BCUT2D eigenvalue weighted by Crippen LogP contribution is -2.07. The van der Waals surface area contributed by atoms with Gasteiger partial charge >= 0.3 is 0 Å². The Kier molecular flexibility index (Phi) is 3.63. The molecule has 2 rings (SSSR count). The first-order valence-corrected chi connectivity index (χ1v) is 5.77. The van der Waals surface area contributed by atoms with E-state index in [1.54, 1.807) is 24.3 Å². The average molecular weight is 264 g/mol. The molecule has 0 spiro atoms. The summed E-state index contributed by atoms with van der Waals surface area (Å²) in [5.41, 5.74) is 7.20. The third-order valence-corrected chi connectivity index (χ3v) is 2.98. The number of benzene rings is 2. The molecule has 2 aromatic rings. The predicted octanol–water partition coefficient (Wildman–Crippen LogP) is 3.49. The Labute approximate surface area is 109 Å². The van der Waals surface area contributed by atoms with E-state index in [0.717, 1.165) is 0 Å². The van der Waals surface area contributed by atoms with E-state index in [-0.39, 0.29) is 17.2 Å². The normalized spacial score (nSPS) is 10.3. The number of nitrogens with two attached hydrogens (primary N) is 1. The molecule has 0 aliphatic rings. The lowest BCUT2D eigenvalue weighted by atomic mass is 10.0. The van der Waals surface area contributed by atoms with Crippen molar-refractivity contribution in [3.63, 3.8) is 0 Å². The first kappa shape index (κ1) is 12.6. The highest BCUT2D eigenvalue weighted by atomic mass is 35.5. The third kappa shape index (κ3) is 2.68. The van der Waals surface area contributed by atoms with E-state index in [4.69, 9.17) is 17.3 Å². The second-order valence-electron chi connectivity index (χ2n) is 3.92. The van der Waals surface area contributed by atoms with Gasteiger partial charge in [0.2, 0.25) is 0 Å². The van der Waals surface area contributed by atoms with Crippen LogP contribution in [0.5, 0.6) is 0 Å². The van der Waals surface area contributed by atoms with E-state index >= 15 is 0 Å². The lowest BCUT2D eigenvalue weighted by molar-refractivity contribution is 0.0994. The van der Waals surface area contributed by atoms with Crippen LogP contribution in [0.3, 0.4) is 0 Å². The van der Waals surface area contributed by atoms with Crippen LogP contribution < -0.4 is 5.73 Å². The zero-order valence-electron chi connectivity index (χ0n) is 9.49. The Balaban J connectivity index is 2.24. The van der Waals surface area contributed by atoms with Crippen molar-refractivity contribution in [3.05, 3.63) is 64.4 Å². The molecular weight excluding hydrogens is 253 g/mol. The molecule has 0 saturated heterocycles. The SMILES string of the molecule is Nc1ccccc1C(=O)Cc1ccc(F)cc1Cl. The van der Waals surface area contributed by atoms with Gasteiger partial charge in [0, 0.05) is 22.7 Å². The molecule has 0 atom stereocenters. The lowest BCUT2D eigenvalue weighted by Gasteiger charge is -2.06. The van der Waals surface area contributed by atoms with Crippen LogP contribution in [0.15, 0.2) is 42.5 Å². The van der Waals surface area contributed by atoms with Crippen LogP contribution in [0, 0.1) is 5.82 Å². The number of Topliss-reactive ketones (excluding diaryl/α,β-unsaturated/α-hetero) is 1. The quantitative estimate of drug-likeness (QED) is 0.680. The van der Waals surface area contributed by atoms with Crippen LogP contribution in [0.25, 0.3) is 0 Å². The van der Waals surface area contributed by atoms with Crippen molar-refractivity contribution in [1.29, 1.82) is 0 Å². The maximum Gasteiger partial charge on any atom is 0.169 e. The van der Waals surface area contributed by atoms with Gasteiger partial charge in [-0.1, -0.05) is 29.8 Å². The average Bonchev–Trinajstić information content (AvgIpc) is 2.33. The van der Waals surface area contributed by atoms with Crippen molar-refractivity contribution in [3.8, 4) is 0 Å². The monoisotopic (exact) mass is 263 g/mol. The summed E-state index contributed by atoms with van der Waals surface area (Å²) in [5.74, 6) is -0.558. The second-order valence-corrected chi connectivity index (χ2v) is 4.33. The van der Waals surface area contributed by atoms with E-state index in [0.29, 0.717) is 16.8 Å². The van der Waals surface area contributed by atoms with Crippen molar-refractivity contribution in [2.45, 2.75) is 6.42 Å². The van der Waals surface area contributed by atoms with Gasteiger partial charge < -0.3 is 5.73 Å². The summed E-state index contributed by atoms with van der Waals surface area (Å²) in [7, 11) is 0. The summed E-state index contributed by atoms with van der Waals surface area (Å²) in [6.07, 6.45) is 0.104. The van der Waals surface area contributed by atoms with Gasteiger partial charge in [0.25, 0.3) is 0 Å². The molecule has 92 valence electrons. The number of halogens is 2. The number of hydrogen-bond donors (Lipinski definition) is 1. The predicted molar refractivity (Wildman–Crippen MR) is 70.3 cm³/mol. The number of rotatable bonds is 3. The number of anilines is 1. The molecular formula is C14H11ClFNO. The molecule has 0 fully saturated rings. The molecule has 0 amide bonds. The fourth-order valence-corrected chi connectivity index (χ4v) is 1.92. The zero-order valence-corrected chi connectivity index (χ0v) is 10.2. The number of carbonyl (C=O) groups is 1. The summed E-state index contributed by atoms with van der Waals surface area (Å²) < 4.78 is 12.9. The fraction of sp³-hybridized carbons (Fsp3) is 0.0714. The summed E-state index contributed by atoms with van der Waals surface area (Å²) in [4.78, 5) is 12.0. The van der Waals surface area contributed by atoms with E-state index in [2.05, 4.69) is 0 Å². The zero-order chi connectivity index (χ0) is 13.1. The van der Waals surface area contributed by atoms with Gasteiger partial charge in [-0.3, -0.25) is 4.79 Å². The molecule has 4 heteroatoms. The minimum Gasteiger partial charge on any atom is -0.398 e. The van der Waals surface area contributed by atoms with Gasteiger partial charge in [-0.05, 0) is 29.8 Å². The topological polar surface area (TPSA) is 43.1 Å². The Hall–Kier alpha value is -1.87. The largest absolute Gasteiger partial charge is 0.398 e. The highest BCUT2D eigenvalue weighted by Crippen LogP contribution is 2.20. The molecule has 2 aromatic carbocycles.